The third-order valence-electron chi connectivity index (χ3n) is 6.13. The van der Waals surface area contributed by atoms with E-state index < -0.39 is 0 Å². The van der Waals surface area contributed by atoms with Crippen LogP contribution in [0.15, 0.2) is 0 Å². The molecule has 0 spiro atoms. The van der Waals surface area contributed by atoms with Gasteiger partial charge in [-0.2, -0.15) is 0 Å². The van der Waals surface area contributed by atoms with Crippen LogP contribution < -0.4 is 5.73 Å². The minimum absolute atomic E-state index is 0.246. The molecule has 3 nitrogen and oxygen atoms in total. The van der Waals surface area contributed by atoms with E-state index in [1.165, 1.54) is 38.8 Å². The van der Waals surface area contributed by atoms with Gasteiger partial charge in [-0.05, 0) is 57.4 Å². The van der Waals surface area contributed by atoms with Gasteiger partial charge in [0.25, 0.3) is 0 Å². The van der Waals surface area contributed by atoms with E-state index >= 15 is 0 Å². The van der Waals surface area contributed by atoms with Crippen LogP contribution in [0.5, 0.6) is 0 Å². The lowest BCUT2D eigenvalue weighted by molar-refractivity contribution is -0.00953. The van der Waals surface area contributed by atoms with Gasteiger partial charge in [-0.25, -0.2) is 0 Å². The molecule has 0 aromatic carbocycles. The van der Waals surface area contributed by atoms with E-state index in [0.717, 1.165) is 32.1 Å². The maximum absolute atomic E-state index is 6.30. The summed E-state index contributed by atoms with van der Waals surface area (Å²) in [5.41, 5.74) is 6.54. The van der Waals surface area contributed by atoms with Gasteiger partial charge < -0.3 is 10.6 Å². The normalized spacial score (nSPS) is 30.3. The van der Waals surface area contributed by atoms with Crippen molar-refractivity contribution >= 4 is 0 Å². The monoisotopic (exact) mass is 297 g/mol. The Balaban J connectivity index is 2.66. The van der Waals surface area contributed by atoms with E-state index in [-0.39, 0.29) is 5.54 Å². The zero-order valence-electron chi connectivity index (χ0n) is 15.2. The van der Waals surface area contributed by atoms with Crippen molar-refractivity contribution in [2.75, 3.05) is 39.3 Å². The molecule has 0 radical (unpaired) electrons. The summed E-state index contributed by atoms with van der Waals surface area (Å²) in [4.78, 5) is 5.23. The third kappa shape index (κ3) is 4.43. The Morgan fingerprint density at radius 1 is 1.05 bits per heavy atom. The van der Waals surface area contributed by atoms with Crippen LogP contribution in [-0.2, 0) is 0 Å². The molecule has 1 saturated carbocycles. The summed E-state index contributed by atoms with van der Waals surface area (Å²) in [5.74, 6) is 1.52. The van der Waals surface area contributed by atoms with Gasteiger partial charge in [0.15, 0.2) is 0 Å². The third-order valence-corrected chi connectivity index (χ3v) is 6.13. The Kier molecular flexibility index (Phi) is 8.22. The number of likely N-dealkylation sites (N-methyl/N-ethyl adjacent to an activating group) is 1. The molecule has 0 saturated heterocycles. The maximum atomic E-state index is 6.30. The second kappa shape index (κ2) is 9.12. The molecule has 0 aliphatic heterocycles. The van der Waals surface area contributed by atoms with Gasteiger partial charge in [0.2, 0.25) is 0 Å². The first-order valence-electron chi connectivity index (χ1n) is 9.23. The van der Waals surface area contributed by atoms with Crippen molar-refractivity contribution in [1.82, 2.24) is 9.80 Å². The van der Waals surface area contributed by atoms with Crippen LogP contribution in [0.2, 0.25) is 0 Å². The van der Waals surface area contributed by atoms with Gasteiger partial charge >= 0.3 is 0 Å². The molecule has 0 aromatic rings. The van der Waals surface area contributed by atoms with Gasteiger partial charge in [0.05, 0.1) is 0 Å². The van der Waals surface area contributed by atoms with Crippen LogP contribution in [0.3, 0.4) is 0 Å². The summed E-state index contributed by atoms with van der Waals surface area (Å²) in [5, 5.41) is 0. The number of nitrogens with zero attached hydrogens (tertiary/aromatic N) is 2. The Labute approximate surface area is 133 Å². The lowest BCUT2D eigenvalue weighted by atomic mass is 9.67. The molecule has 0 bridgehead atoms. The lowest BCUT2D eigenvalue weighted by Crippen LogP contribution is -2.61. The Hall–Kier alpha value is -0.120. The van der Waals surface area contributed by atoms with Crippen LogP contribution in [0.4, 0.5) is 0 Å². The molecule has 2 N–H and O–H groups in total. The highest BCUT2D eigenvalue weighted by atomic mass is 15.2. The van der Waals surface area contributed by atoms with Crippen molar-refractivity contribution in [1.29, 1.82) is 0 Å². The molecule has 21 heavy (non-hydrogen) atoms. The first kappa shape index (κ1) is 18.9. The fraction of sp³-hybridized carbons (Fsp3) is 1.00. The van der Waals surface area contributed by atoms with Crippen LogP contribution in [0.1, 0.15) is 60.3 Å². The van der Waals surface area contributed by atoms with Crippen molar-refractivity contribution in [3.63, 3.8) is 0 Å². The lowest BCUT2D eigenvalue weighted by Gasteiger charge is -2.52. The summed E-state index contributed by atoms with van der Waals surface area (Å²) in [6, 6.07) is 0. The number of hydrogen-bond acceptors (Lipinski definition) is 3. The summed E-state index contributed by atoms with van der Waals surface area (Å²) in [6.07, 6.45) is 5.27. The SMILES string of the molecule is CCN(CC)CCCN(CC)C1(CN)CCCC(C)C1C. The molecule has 3 unspecified atom stereocenters. The highest BCUT2D eigenvalue weighted by Crippen LogP contribution is 2.41. The first-order valence-corrected chi connectivity index (χ1v) is 9.23. The van der Waals surface area contributed by atoms with Crippen molar-refractivity contribution < 1.29 is 0 Å². The number of nitrogens with two attached hydrogens (primary N) is 1. The summed E-state index contributed by atoms with van der Waals surface area (Å²) >= 11 is 0. The minimum atomic E-state index is 0.246. The first-order chi connectivity index (χ1) is 10.1. The largest absolute Gasteiger partial charge is 0.329 e. The predicted molar refractivity (Wildman–Crippen MR) is 93.6 cm³/mol. The van der Waals surface area contributed by atoms with Gasteiger partial charge in [0, 0.05) is 12.1 Å². The quantitative estimate of drug-likeness (QED) is 0.709. The second-order valence-electron chi connectivity index (χ2n) is 6.93. The smallest absolute Gasteiger partial charge is 0.0359 e. The highest BCUT2D eigenvalue weighted by molar-refractivity contribution is 5.00. The predicted octanol–water partition coefficient (Wildman–Crippen LogP) is 3.19. The van der Waals surface area contributed by atoms with Crippen molar-refractivity contribution in [2.24, 2.45) is 17.6 Å². The van der Waals surface area contributed by atoms with Crippen LogP contribution in [0, 0.1) is 11.8 Å². The molecule has 0 amide bonds. The standard InChI is InChI=1S/C18H39N3/c1-6-20(7-2)13-10-14-21(8-3)18(15-19)12-9-11-16(4)17(18)5/h16-17H,6-15,19H2,1-5H3. The van der Waals surface area contributed by atoms with Crippen LogP contribution in [-0.4, -0.2) is 54.6 Å². The van der Waals surface area contributed by atoms with E-state index in [9.17, 15) is 0 Å². The fourth-order valence-corrected chi connectivity index (χ4v) is 4.32. The molecule has 1 aliphatic rings. The Bertz CT molecular complexity index is 278. The van der Waals surface area contributed by atoms with E-state index in [4.69, 9.17) is 5.73 Å². The summed E-state index contributed by atoms with van der Waals surface area (Å²) in [7, 11) is 0. The number of rotatable bonds is 9. The van der Waals surface area contributed by atoms with E-state index in [1.54, 1.807) is 0 Å². The summed E-state index contributed by atoms with van der Waals surface area (Å²) < 4.78 is 0. The molecule has 3 heteroatoms. The molecule has 126 valence electrons. The topological polar surface area (TPSA) is 32.5 Å². The Morgan fingerprint density at radius 2 is 1.71 bits per heavy atom. The zero-order valence-corrected chi connectivity index (χ0v) is 15.2. The summed E-state index contributed by atoms with van der Waals surface area (Å²) in [6.45, 7) is 18.4. The van der Waals surface area contributed by atoms with Gasteiger partial charge in [0.1, 0.15) is 0 Å². The van der Waals surface area contributed by atoms with Crippen molar-refractivity contribution in [3.8, 4) is 0 Å². The second-order valence-corrected chi connectivity index (χ2v) is 6.93. The van der Waals surface area contributed by atoms with Gasteiger partial charge in [-0.3, -0.25) is 4.90 Å². The molecule has 3 atom stereocenters. The van der Waals surface area contributed by atoms with Gasteiger partial charge in [-0.1, -0.05) is 47.5 Å². The van der Waals surface area contributed by atoms with E-state index in [0.29, 0.717) is 5.92 Å². The molecular formula is C18H39N3. The Morgan fingerprint density at radius 3 is 2.24 bits per heavy atom. The number of hydrogen-bond donors (Lipinski definition) is 1. The van der Waals surface area contributed by atoms with Crippen molar-refractivity contribution in [2.45, 2.75) is 65.8 Å². The van der Waals surface area contributed by atoms with Crippen LogP contribution in [0.25, 0.3) is 0 Å². The molecule has 0 aromatic heterocycles. The van der Waals surface area contributed by atoms with Crippen LogP contribution >= 0.6 is 0 Å². The van der Waals surface area contributed by atoms with E-state index in [2.05, 4.69) is 44.4 Å². The molecule has 1 fully saturated rings. The fourth-order valence-electron chi connectivity index (χ4n) is 4.32. The van der Waals surface area contributed by atoms with Crippen molar-refractivity contribution in [3.05, 3.63) is 0 Å². The molecule has 0 heterocycles. The molecule has 1 aliphatic carbocycles. The molecule has 1 rings (SSSR count). The maximum Gasteiger partial charge on any atom is 0.0359 e. The minimum Gasteiger partial charge on any atom is -0.329 e. The van der Waals surface area contributed by atoms with Gasteiger partial charge in [-0.15, -0.1) is 0 Å². The average Bonchev–Trinajstić information content (AvgIpc) is 2.51. The molecular weight excluding hydrogens is 258 g/mol. The zero-order chi connectivity index (χ0) is 15.9. The highest BCUT2D eigenvalue weighted by Gasteiger charge is 2.43. The average molecular weight is 298 g/mol. The van der Waals surface area contributed by atoms with E-state index in [1.807, 2.05) is 0 Å².